The van der Waals surface area contributed by atoms with Gasteiger partial charge in [-0.1, -0.05) is 0 Å². The zero-order valence-corrected chi connectivity index (χ0v) is 10.4. The van der Waals surface area contributed by atoms with Gasteiger partial charge in [0.05, 0.1) is 26.3 Å². The van der Waals surface area contributed by atoms with Gasteiger partial charge in [0.2, 0.25) is 0 Å². The molecule has 2 heterocycles. The topological polar surface area (TPSA) is 79.2 Å². The van der Waals surface area contributed by atoms with Crippen LogP contribution in [0.2, 0.25) is 0 Å². The lowest BCUT2D eigenvalue weighted by Gasteiger charge is -2.29. The Morgan fingerprint density at radius 1 is 1.24 bits per heavy atom. The molecule has 0 radical (unpaired) electrons. The standard InChI is InChI=1S/C8H15N3O5S/c1-9(8(12)16-10-2-3-10)17(13,14)11-4-6-15-7-5-11/h2-7H2,1H3. The zero-order valence-electron chi connectivity index (χ0n) is 9.53. The van der Waals surface area contributed by atoms with Crippen molar-refractivity contribution in [2.24, 2.45) is 0 Å². The highest BCUT2D eigenvalue weighted by Gasteiger charge is 2.35. The van der Waals surface area contributed by atoms with Crippen molar-refractivity contribution in [3.63, 3.8) is 0 Å². The Kier molecular flexibility index (Phi) is 3.52. The third-order valence-corrected chi connectivity index (χ3v) is 4.37. The second kappa shape index (κ2) is 4.77. The van der Waals surface area contributed by atoms with Gasteiger partial charge in [0, 0.05) is 20.1 Å². The van der Waals surface area contributed by atoms with Crippen LogP contribution in [0.1, 0.15) is 0 Å². The van der Waals surface area contributed by atoms with Gasteiger partial charge in [-0.2, -0.15) is 17.0 Å². The third-order valence-electron chi connectivity index (χ3n) is 2.51. The smallest absolute Gasteiger partial charge is 0.379 e. The Labute approximate surface area is 99.8 Å². The minimum absolute atomic E-state index is 0.254. The van der Waals surface area contributed by atoms with Gasteiger partial charge in [0.15, 0.2) is 0 Å². The van der Waals surface area contributed by atoms with Gasteiger partial charge in [-0.3, -0.25) is 0 Å². The molecule has 17 heavy (non-hydrogen) atoms. The monoisotopic (exact) mass is 265 g/mol. The summed E-state index contributed by atoms with van der Waals surface area (Å²) in [6.45, 7) is 2.49. The Hall–Kier alpha value is -0.900. The van der Waals surface area contributed by atoms with Crippen LogP contribution in [0.15, 0.2) is 0 Å². The summed E-state index contributed by atoms with van der Waals surface area (Å²) >= 11 is 0. The van der Waals surface area contributed by atoms with Crippen LogP contribution < -0.4 is 0 Å². The molecule has 0 atom stereocenters. The maximum Gasteiger partial charge on any atom is 0.443 e. The Balaban J connectivity index is 1.99. The van der Waals surface area contributed by atoms with E-state index in [2.05, 4.69) is 0 Å². The van der Waals surface area contributed by atoms with E-state index < -0.39 is 16.3 Å². The number of ether oxygens (including phenoxy) is 1. The molecule has 0 aromatic rings. The van der Waals surface area contributed by atoms with Crippen LogP contribution in [-0.2, 0) is 19.8 Å². The first-order valence-electron chi connectivity index (χ1n) is 5.30. The maximum atomic E-state index is 12.0. The number of hydrogen-bond donors (Lipinski definition) is 0. The van der Waals surface area contributed by atoms with Crippen molar-refractivity contribution in [1.82, 2.24) is 13.7 Å². The minimum Gasteiger partial charge on any atom is -0.379 e. The molecule has 0 aromatic carbocycles. The van der Waals surface area contributed by atoms with E-state index in [4.69, 9.17) is 9.57 Å². The molecular weight excluding hydrogens is 250 g/mol. The minimum atomic E-state index is -3.79. The van der Waals surface area contributed by atoms with Crippen LogP contribution in [0, 0.1) is 0 Å². The fraction of sp³-hybridized carbons (Fsp3) is 0.875. The van der Waals surface area contributed by atoms with Crippen molar-refractivity contribution in [2.45, 2.75) is 0 Å². The first-order chi connectivity index (χ1) is 8.01. The van der Waals surface area contributed by atoms with Crippen molar-refractivity contribution in [3.05, 3.63) is 0 Å². The molecule has 2 saturated heterocycles. The normalized spacial score (nSPS) is 22.2. The van der Waals surface area contributed by atoms with E-state index in [0.717, 1.165) is 0 Å². The zero-order chi connectivity index (χ0) is 12.5. The first-order valence-corrected chi connectivity index (χ1v) is 6.70. The van der Waals surface area contributed by atoms with Gasteiger partial charge in [0.1, 0.15) is 0 Å². The van der Waals surface area contributed by atoms with E-state index in [1.807, 2.05) is 0 Å². The van der Waals surface area contributed by atoms with E-state index in [9.17, 15) is 13.2 Å². The quantitative estimate of drug-likeness (QED) is 0.600. The number of morpholine rings is 1. The highest BCUT2D eigenvalue weighted by atomic mass is 32.2. The molecule has 8 nitrogen and oxygen atoms in total. The number of carbonyl (C=O) groups excluding carboxylic acids is 1. The summed E-state index contributed by atoms with van der Waals surface area (Å²) in [5.74, 6) is 0. The third kappa shape index (κ3) is 2.86. The molecular formula is C8H15N3O5S. The fourth-order valence-electron chi connectivity index (χ4n) is 1.34. The summed E-state index contributed by atoms with van der Waals surface area (Å²) in [6, 6.07) is 0. The summed E-state index contributed by atoms with van der Waals surface area (Å²) < 4.78 is 30.9. The van der Waals surface area contributed by atoms with Crippen LogP contribution in [0.25, 0.3) is 0 Å². The molecule has 0 aliphatic carbocycles. The van der Waals surface area contributed by atoms with Crippen LogP contribution in [-0.4, -0.2) is 74.6 Å². The molecule has 98 valence electrons. The van der Waals surface area contributed by atoms with Crippen molar-refractivity contribution in [2.75, 3.05) is 46.4 Å². The van der Waals surface area contributed by atoms with Crippen LogP contribution in [0.5, 0.6) is 0 Å². The van der Waals surface area contributed by atoms with E-state index in [1.165, 1.54) is 16.4 Å². The average Bonchev–Trinajstić information content (AvgIpc) is 3.13. The first kappa shape index (κ1) is 12.6. The van der Waals surface area contributed by atoms with Gasteiger partial charge < -0.3 is 9.57 Å². The second-order valence-corrected chi connectivity index (χ2v) is 5.73. The molecule has 0 N–H and O–H groups in total. The molecule has 2 aliphatic rings. The molecule has 0 saturated carbocycles. The van der Waals surface area contributed by atoms with Crippen molar-refractivity contribution >= 4 is 16.3 Å². The molecule has 1 amide bonds. The summed E-state index contributed by atoms with van der Waals surface area (Å²) in [6.07, 6.45) is -0.881. The number of nitrogens with zero attached hydrogens (tertiary/aromatic N) is 3. The highest BCUT2D eigenvalue weighted by molar-refractivity contribution is 7.87. The van der Waals surface area contributed by atoms with Crippen LogP contribution >= 0.6 is 0 Å². The summed E-state index contributed by atoms with van der Waals surface area (Å²) in [5.41, 5.74) is 0. The van der Waals surface area contributed by atoms with E-state index in [1.54, 1.807) is 0 Å². The van der Waals surface area contributed by atoms with E-state index in [-0.39, 0.29) is 13.1 Å². The molecule has 0 spiro atoms. The Morgan fingerprint density at radius 2 is 1.82 bits per heavy atom. The lowest BCUT2D eigenvalue weighted by atomic mass is 10.5. The van der Waals surface area contributed by atoms with Gasteiger partial charge in [-0.15, -0.1) is 5.06 Å². The van der Waals surface area contributed by atoms with Crippen molar-refractivity contribution in [1.29, 1.82) is 0 Å². The number of hydrogen-bond acceptors (Lipinski definition) is 6. The van der Waals surface area contributed by atoms with Crippen LogP contribution in [0.4, 0.5) is 4.79 Å². The van der Waals surface area contributed by atoms with Crippen molar-refractivity contribution in [3.8, 4) is 0 Å². The van der Waals surface area contributed by atoms with Crippen LogP contribution in [0.3, 0.4) is 0 Å². The maximum absolute atomic E-state index is 12.0. The fourth-order valence-corrected chi connectivity index (χ4v) is 2.52. The molecule has 0 unspecified atom stereocenters. The van der Waals surface area contributed by atoms with Gasteiger partial charge in [-0.05, 0) is 0 Å². The Bertz CT molecular complexity index is 388. The second-order valence-electron chi connectivity index (χ2n) is 3.77. The van der Waals surface area contributed by atoms with E-state index >= 15 is 0 Å². The van der Waals surface area contributed by atoms with Gasteiger partial charge in [-0.25, -0.2) is 4.79 Å². The van der Waals surface area contributed by atoms with E-state index in [0.29, 0.717) is 30.6 Å². The predicted octanol–water partition coefficient (Wildman–Crippen LogP) is -1.14. The number of rotatable bonds is 3. The van der Waals surface area contributed by atoms with Crippen molar-refractivity contribution < 1.29 is 22.8 Å². The molecule has 2 fully saturated rings. The summed E-state index contributed by atoms with van der Waals surface area (Å²) in [4.78, 5) is 16.3. The summed E-state index contributed by atoms with van der Waals surface area (Å²) in [5, 5.41) is 1.38. The molecule has 2 aliphatic heterocycles. The number of carbonyl (C=O) groups is 1. The molecule has 0 bridgehead atoms. The summed E-state index contributed by atoms with van der Waals surface area (Å²) in [7, 11) is -2.60. The van der Waals surface area contributed by atoms with Gasteiger partial charge >= 0.3 is 16.3 Å². The van der Waals surface area contributed by atoms with Gasteiger partial charge in [0.25, 0.3) is 0 Å². The lowest BCUT2D eigenvalue weighted by molar-refractivity contribution is -0.00890. The average molecular weight is 265 g/mol. The number of hydroxylamine groups is 2. The predicted molar refractivity (Wildman–Crippen MR) is 57.1 cm³/mol. The molecule has 2 rings (SSSR count). The highest BCUT2D eigenvalue weighted by Crippen LogP contribution is 2.13. The lowest BCUT2D eigenvalue weighted by Crippen LogP contribution is -2.49. The largest absolute Gasteiger partial charge is 0.443 e. The SMILES string of the molecule is CN(C(=O)ON1CC1)S(=O)(=O)N1CCOCC1. The molecule has 0 aromatic heterocycles. The number of amides is 1. The Morgan fingerprint density at radius 3 is 2.35 bits per heavy atom. The molecule has 9 heteroatoms.